The molecule has 0 aliphatic carbocycles. The number of benzene rings is 1. The summed E-state index contributed by atoms with van der Waals surface area (Å²) in [5, 5.41) is 3.26. The molecule has 0 radical (unpaired) electrons. The van der Waals surface area contributed by atoms with Crippen LogP contribution < -0.4 is 10.1 Å². The van der Waals surface area contributed by atoms with Crippen molar-refractivity contribution in [1.82, 2.24) is 10.2 Å². The number of likely N-dealkylation sites (tertiary alicyclic amines) is 1. The van der Waals surface area contributed by atoms with Crippen LogP contribution in [0.5, 0.6) is 5.75 Å². The monoisotopic (exact) mass is 280 g/mol. The number of hydrogen-bond donors (Lipinski definition) is 1. The molecule has 1 aromatic rings. The fourth-order valence-corrected chi connectivity index (χ4v) is 2.73. The topological polar surface area (TPSA) is 24.5 Å². The number of rotatable bonds is 5. The number of piperidine rings is 1. The maximum atomic E-state index is 14.1. The Morgan fingerprint density at radius 3 is 2.75 bits per heavy atom. The van der Waals surface area contributed by atoms with E-state index in [1.54, 1.807) is 6.07 Å². The lowest BCUT2D eigenvalue weighted by Crippen LogP contribution is -2.36. The second-order valence-corrected chi connectivity index (χ2v) is 5.55. The highest BCUT2D eigenvalue weighted by atomic mass is 19.1. The molecule has 3 nitrogen and oxygen atoms in total. The van der Waals surface area contributed by atoms with Crippen molar-refractivity contribution in [2.75, 3.05) is 26.7 Å². The molecule has 0 saturated carbocycles. The van der Waals surface area contributed by atoms with Gasteiger partial charge in [0, 0.05) is 24.7 Å². The molecule has 1 aliphatic rings. The molecule has 1 unspecified atom stereocenters. The Morgan fingerprint density at radius 2 is 2.10 bits per heavy atom. The predicted molar refractivity (Wildman–Crippen MR) is 79.6 cm³/mol. The van der Waals surface area contributed by atoms with Crippen molar-refractivity contribution >= 4 is 0 Å². The third-order valence-electron chi connectivity index (χ3n) is 3.92. The van der Waals surface area contributed by atoms with Gasteiger partial charge in [-0.15, -0.1) is 0 Å². The van der Waals surface area contributed by atoms with E-state index in [0.29, 0.717) is 11.3 Å². The van der Waals surface area contributed by atoms with E-state index < -0.39 is 0 Å². The molecular weight excluding hydrogens is 255 g/mol. The second kappa shape index (κ2) is 7.04. The maximum absolute atomic E-state index is 14.1. The van der Waals surface area contributed by atoms with Crippen LogP contribution in [0.4, 0.5) is 4.39 Å². The first kappa shape index (κ1) is 15.3. The van der Waals surface area contributed by atoms with Gasteiger partial charge in [-0.1, -0.05) is 13.0 Å². The van der Waals surface area contributed by atoms with Gasteiger partial charge in [0.15, 0.2) is 0 Å². The fraction of sp³-hybridized carbons (Fsp3) is 0.625. The zero-order chi connectivity index (χ0) is 14.5. The van der Waals surface area contributed by atoms with E-state index in [9.17, 15) is 4.39 Å². The molecule has 112 valence electrons. The summed E-state index contributed by atoms with van der Waals surface area (Å²) >= 11 is 0. The lowest BCUT2D eigenvalue weighted by molar-refractivity contribution is 0.112. The maximum Gasteiger partial charge on any atom is 0.131 e. The van der Waals surface area contributed by atoms with Gasteiger partial charge in [0.05, 0.1) is 0 Å². The molecule has 1 fully saturated rings. The van der Waals surface area contributed by atoms with Crippen molar-refractivity contribution in [1.29, 1.82) is 0 Å². The van der Waals surface area contributed by atoms with Crippen molar-refractivity contribution in [2.24, 2.45) is 0 Å². The smallest absolute Gasteiger partial charge is 0.131 e. The molecule has 1 atom stereocenters. The zero-order valence-corrected chi connectivity index (χ0v) is 12.7. The molecule has 2 rings (SSSR count). The van der Waals surface area contributed by atoms with Crippen LogP contribution in [0.25, 0.3) is 0 Å². The summed E-state index contributed by atoms with van der Waals surface area (Å²) in [6.45, 7) is 6.89. The zero-order valence-electron chi connectivity index (χ0n) is 12.7. The highest BCUT2D eigenvalue weighted by Gasteiger charge is 2.22. The fourth-order valence-electron chi connectivity index (χ4n) is 2.73. The third-order valence-corrected chi connectivity index (χ3v) is 3.92. The van der Waals surface area contributed by atoms with Crippen molar-refractivity contribution < 1.29 is 9.13 Å². The first-order valence-electron chi connectivity index (χ1n) is 7.48. The van der Waals surface area contributed by atoms with E-state index >= 15 is 0 Å². The Kier molecular flexibility index (Phi) is 5.38. The summed E-state index contributed by atoms with van der Waals surface area (Å²) in [7, 11) is 2.12. The number of nitrogens with one attached hydrogen (secondary N) is 1. The standard InChI is InChI=1S/C16H25FN2O/c1-4-18-12(2)16-14(17)6-5-7-15(16)20-13-8-10-19(3)11-9-13/h5-7,12-13,18H,4,8-11H2,1-3H3. The van der Waals surface area contributed by atoms with Gasteiger partial charge in [-0.05, 0) is 45.5 Å². The minimum Gasteiger partial charge on any atom is -0.490 e. The molecule has 20 heavy (non-hydrogen) atoms. The van der Waals surface area contributed by atoms with Crippen molar-refractivity contribution in [2.45, 2.75) is 38.8 Å². The average Bonchev–Trinajstić information content (AvgIpc) is 2.42. The first-order valence-corrected chi connectivity index (χ1v) is 7.48. The molecule has 0 spiro atoms. The van der Waals surface area contributed by atoms with Crippen molar-refractivity contribution in [3.05, 3.63) is 29.6 Å². The molecule has 1 aromatic carbocycles. The highest BCUT2D eigenvalue weighted by Crippen LogP contribution is 2.30. The molecule has 1 saturated heterocycles. The van der Waals surface area contributed by atoms with Gasteiger partial charge in [0.25, 0.3) is 0 Å². The van der Waals surface area contributed by atoms with Gasteiger partial charge in [0.2, 0.25) is 0 Å². The van der Waals surface area contributed by atoms with E-state index in [1.165, 1.54) is 6.07 Å². The summed E-state index contributed by atoms with van der Waals surface area (Å²) in [4.78, 5) is 2.30. The SMILES string of the molecule is CCNC(C)c1c(F)cccc1OC1CCN(C)CC1. The number of nitrogens with zero attached hydrogens (tertiary/aromatic N) is 1. The molecule has 4 heteroatoms. The van der Waals surface area contributed by atoms with Crippen LogP contribution in [0.3, 0.4) is 0 Å². The summed E-state index contributed by atoms with van der Waals surface area (Å²) in [5.41, 5.74) is 0.647. The van der Waals surface area contributed by atoms with Gasteiger partial charge >= 0.3 is 0 Å². The quantitative estimate of drug-likeness (QED) is 0.897. The van der Waals surface area contributed by atoms with Crippen LogP contribution >= 0.6 is 0 Å². The lowest BCUT2D eigenvalue weighted by atomic mass is 10.0. The van der Waals surface area contributed by atoms with E-state index in [2.05, 4.69) is 17.3 Å². The Balaban J connectivity index is 2.12. The molecule has 0 aromatic heterocycles. The summed E-state index contributed by atoms with van der Waals surface area (Å²) in [6.07, 6.45) is 2.20. The van der Waals surface area contributed by atoms with E-state index in [0.717, 1.165) is 32.5 Å². The average molecular weight is 280 g/mol. The van der Waals surface area contributed by atoms with Gasteiger partial charge in [-0.3, -0.25) is 0 Å². The molecule has 0 bridgehead atoms. The minimum atomic E-state index is -0.191. The summed E-state index contributed by atoms with van der Waals surface area (Å²) in [5.74, 6) is 0.497. The van der Waals surface area contributed by atoms with Crippen LogP contribution in [0.2, 0.25) is 0 Å². The first-order chi connectivity index (χ1) is 9.61. The van der Waals surface area contributed by atoms with Gasteiger partial charge in [-0.2, -0.15) is 0 Å². The molecule has 1 heterocycles. The van der Waals surface area contributed by atoms with Crippen LogP contribution in [0, 0.1) is 5.82 Å². The van der Waals surface area contributed by atoms with Crippen LogP contribution in [0.1, 0.15) is 38.3 Å². The lowest BCUT2D eigenvalue weighted by Gasteiger charge is -2.30. The van der Waals surface area contributed by atoms with Crippen LogP contribution in [-0.2, 0) is 0 Å². The van der Waals surface area contributed by atoms with Crippen molar-refractivity contribution in [3.8, 4) is 5.75 Å². The Labute approximate surface area is 121 Å². The van der Waals surface area contributed by atoms with E-state index in [1.807, 2.05) is 19.9 Å². The summed E-state index contributed by atoms with van der Waals surface area (Å²) < 4.78 is 20.2. The van der Waals surface area contributed by atoms with Gasteiger partial charge in [-0.25, -0.2) is 4.39 Å². The number of halogens is 1. The van der Waals surface area contributed by atoms with E-state index in [-0.39, 0.29) is 18.0 Å². The molecule has 1 aliphatic heterocycles. The van der Waals surface area contributed by atoms with E-state index in [4.69, 9.17) is 4.74 Å². The highest BCUT2D eigenvalue weighted by molar-refractivity contribution is 5.37. The normalized spacial score (nSPS) is 19.0. The van der Waals surface area contributed by atoms with Crippen molar-refractivity contribution in [3.63, 3.8) is 0 Å². The molecule has 1 N–H and O–H groups in total. The molecular formula is C16H25FN2O. The minimum absolute atomic E-state index is 0.0394. The Bertz CT molecular complexity index is 430. The van der Waals surface area contributed by atoms with Gasteiger partial charge in [0.1, 0.15) is 17.7 Å². The van der Waals surface area contributed by atoms with Crippen LogP contribution in [0.15, 0.2) is 18.2 Å². The number of ether oxygens (including phenoxy) is 1. The Morgan fingerprint density at radius 1 is 1.40 bits per heavy atom. The van der Waals surface area contributed by atoms with Gasteiger partial charge < -0.3 is 15.0 Å². The third kappa shape index (κ3) is 3.70. The predicted octanol–water partition coefficient (Wildman–Crippen LogP) is 2.97. The number of hydrogen-bond acceptors (Lipinski definition) is 3. The largest absolute Gasteiger partial charge is 0.490 e. The Hall–Kier alpha value is -1.13. The van der Waals surface area contributed by atoms with Crippen LogP contribution in [-0.4, -0.2) is 37.7 Å². The second-order valence-electron chi connectivity index (χ2n) is 5.55. The summed E-state index contributed by atoms with van der Waals surface area (Å²) in [6, 6.07) is 5.07. The molecule has 0 amide bonds.